The molecule has 2 heterocycles. The van der Waals surface area contributed by atoms with Crippen molar-refractivity contribution < 1.29 is 9.53 Å². The van der Waals surface area contributed by atoms with Gasteiger partial charge in [-0.25, -0.2) is 4.98 Å². The summed E-state index contributed by atoms with van der Waals surface area (Å²) in [5.74, 6) is 0.147. The average molecular weight is 256 g/mol. The van der Waals surface area contributed by atoms with Crippen molar-refractivity contribution in [1.82, 2.24) is 9.88 Å². The smallest absolute Gasteiger partial charge is 0.255 e. The monoisotopic (exact) mass is 255 g/mol. The molecule has 0 aliphatic carbocycles. The molecule has 1 aliphatic heterocycles. The fourth-order valence-electron chi connectivity index (χ4n) is 1.76. The van der Waals surface area contributed by atoms with Gasteiger partial charge < -0.3 is 15.4 Å². The second-order valence-corrected chi connectivity index (χ2v) is 4.42. The summed E-state index contributed by atoms with van der Waals surface area (Å²) in [5, 5.41) is 0.303. The van der Waals surface area contributed by atoms with Crippen molar-refractivity contribution in [2.45, 2.75) is 13.0 Å². The van der Waals surface area contributed by atoms with Gasteiger partial charge in [0.15, 0.2) is 0 Å². The zero-order valence-electron chi connectivity index (χ0n) is 9.52. The number of morpholine rings is 1. The third-order valence-corrected chi connectivity index (χ3v) is 3.05. The van der Waals surface area contributed by atoms with Crippen LogP contribution in [-0.2, 0) is 4.74 Å². The number of carbonyl (C=O) groups excluding carboxylic acids is 1. The molecule has 0 aromatic carbocycles. The largest absolute Gasteiger partial charge is 0.382 e. The predicted octanol–water partition coefficient (Wildman–Crippen LogP) is 1.18. The highest BCUT2D eigenvalue weighted by Crippen LogP contribution is 2.19. The van der Waals surface area contributed by atoms with Crippen LogP contribution in [0.25, 0.3) is 0 Å². The molecule has 1 fully saturated rings. The fraction of sp³-hybridized carbons (Fsp3) is 0.455. The molecule has 1 aromatic rings. The summed E-state index contributed by atoms with van der Waals surface area (Å²) >= 11 is 5.85. The maximum absolute atomic E-state index is 12.2. The Morgan fingerprint density at radius 3 is 3.12 bits per heavy atom. The lowest BCUT2D eigenvalue weighted by atomic mass is 10.2. The molecule has 2 rings (SSSR count). The standard InChI is InChI=1S/C11H14ClN3O2/c1-7-6-17-3-2-15(7)11(16)8-4-9(12)10(13)14-5-8/h4-5,7H,2-3,6H2,1H3,(H2,13,14). The first kappa shape index (κ1) is 12.1. The highest BCUT2D eigenvalue weighted by atomic mass is 35.5. The van der Waals surface area contributed by atoms with E-state index in [2.05, 4.69) is 4.98 Å². The van der Waals surface area contributed by atoms with Gasteiger partial charge in [0, 0.05) is 12.7 Å². The van der Waals surface area contributed by atoms with Crippen LogP contribution in [-0.4, -0.2) is 41.6 Å². The molecule has 1 saturated heterocycles. The summed E-state index contributed by atoms with van der Waals surface area (Å²) in [5.41, 5.74) is 5.96. The minimum absolute atomic E-state index is 0.0626. The van der Waals surface area contributed by atoms with Gasteiger partial charge in [0.2, 0.25) is 0 Å². The van der Waals surface area contributed by atoms with Gasteiger partial charge in [-0.15, -0.1) is 0 Å². The van der Waals surface area contributed by atoms with Gasteiger partial charge in [0.25, 0.3) is 5.91 Å². The Kier molecular flexibility index (Phi) is 3.49. The number of hydrogen-bond acceptors (Lipinski definition) is 4. The summed E-state index contributed by atoms with van der Waals surface area (Å²) in [4.78, 5) is 17.8. The predicted molar refractivity (Wildman–Crippen MR) is 65.0 cm³/mol. The summed E-state index contributed by atoms with van der Waals surface area (Å²) in [7, 11) is 0. The number of ether oxygens (including phenoxy) is 1. The van der Waals surface area contributed by atoms with Gasteiger partial charge in [-0.3, -0.25) is 4.79 Å². The molecule has 6 heteroatoms. The number of anilines is 1. The van der Waals surface area contributed by atoms with Crippen LogP contribution in [0.1, 0.15) is 17.3 Å². The van der Waals surface area contributed by atoms with Crippen LogP contribution in [0.5, 0.6) is 0 Å². The minimum Gasteiger partial charge on any atom is -0.382 e. The van der Waals surface area contributed by atoms with Crippen LogP contribution in [0.15, 0.2) is 12.3 Å². The van der Waals surface area contributed by atoms with Crippen LogP contribution in [0, 0.1) is 0 Å². The van der Waals surface area contributed by atoms with Gasteiger partial charge in [-0.1, -0.05) is 11.6 Å². The van der Waals surface area contributed by atoms with E-state index in [0.29, 0.717) is 30.3 Å². The summed E-state index contributed by atoms with van der Waals surface area (Å²) in [6, 6.07) is 1.61. The van der Waals surface area contributed by atoms with Crippen LogP contribution in [0.3, 0.4) is 0 Å². The molecule has 1 aliphatic rings. The van der Waals surface area contributed by atoms with Crippen molar-refractivity contribution in [2.75, 3.05) is 25.5 Å². The SMILES string of the molecule is CC1COCCN1C(=O)c1cnc(N)c(Cl)c1. The van der Waals surface area contributed by atoms with Crippen molar-refractivity contribution in [3.8, 4) is 0 Å². The van der Waals surface area contributed by atoms with E-state index in [4.69, 9.17) is 22.1 Å². The first-order chi connectivity index (χ1) is 8.09. The Morgan fingerprint density at radius 1 is 1.71 bits per heavy atom. The van der Waals surface area contributed by atoms with Gasteiger partial charge in [-0.2, -0.15) is 0 Å². The zero-order chi connectivity index (χ0) is 12.4. The van der Waals surface area contributed by atoms with E-state index in [1.165, 1.54) is 6.20 Å². The number of amides is 1. The van der Waals surface area contributed by atoms with Crippen molar-refractivity contribution in [1.29, 1.82) is 0 Å². The Labute approximate surface area is 105 Å². The number of nitrogen functional groups attached to an aromatic ring is 1. The molecule has 1 unspecified atom stereocenters. The van der Waals surface area contributed by atoms with Gasteiger partial charge >= 0.3 is 0 Å². The Morgan fingerprint density at radius 2 is 2.47 bits per heavy atom. The van der Waals surface area contributed by atoms with Crippen molar-refractivity contribution >= 4 is 23.3 Å². The molecule has 1 atom stereocenters. The highest BCUT2D eigenvalue weighted by Gasteiger charge is 2.25. The fourth-order valence-corrected chi connectivity index (χ4v) is 1.93. The summed E-state index contributed by atoms with van der Waals surface area (Å²) in [6.45, 7) is 3.65. The Bertz CT molecular complexity index is 439. The van der Waals surface area contributed by atoms with E-state index in [-0.39, 0.29) is 17.8 Å². The maximum Gasteiger partial charge on any atom is 0.255 e. The maximum atomic E-state index is 12.2. The van der Waals surface area contributed by atoms with Gasteiger partial charge in [0.05, 0.1) is 29.8 Å². The number of hydrogen-bond donors (Lipinski definition) is 1. The van der Waals surface area contributed by atoms with Gasteiger partial charge in [-0.05, 0) is 13.0 Å². The number of carbonyl (C=O) groups is 1. The molecular weight excluding hydrogens is 242 g/mol. The lowest BCUT2D eigenvalue weighted by Gasteiger charge is -2.33. The quantitative estimate of drug-likeness (QED) is 0.818. The second-order valence-electron chi connectivity index (χ2n) is 4.01. The van der Waals surface area contributed by atoms with Crippen LogP contribution in [0.4, 0.5) is 5.82 Å². The number of rotatable bonds is 1. The van der Waals surface area contributed by atoms with E-state index >= 15 is 0 Å². The van der Waals surface area contributed by atoms with E-state index in [1.807, 2.05) is 6.92 Å². The molecule has 0 radical (unpaired) electrons. The number of nitrogens with two attached hydrogens (primary N) is 1. The Balaban J connectivity index is 2.21. The molecule has 1 amide bonds. The highest BCUT2D eigenvalue weighted by molar-refractivity contribution is 6.33. The lowest BCUT2D eigenvalue weighted by Crippen LogP contribution is -2.47. The van der Waals surface area contributed by atoms with E-state index in [0.717, 1.165) is 0 Å². The molecule has 92 valence electrons. The zero-order valence-corrected chi connectivity index (χ0v) is 10.3. The number of aromatic nitrogens is 1. The first-order valence-corrected chi connectivity index (χ1v) is 5.77. The molecule has 2 N–H and O–H groups in total. The molecule has 0 bridgehead atoms. The molecule has 0 saturated carbocycles. The summed E-state index contributed by atoms with van der Waals surface area (Å²) in [6.07, 6.45) is 1.45. The van der Waals surface area contributed by atoms with Crippen LogP contribution < -0.4 is 5.73 Å². The topological polar surface area (TPSA) is 68.5 Å². The van der Waals surface area contributed by atoms with Crippen molar-refractivity contribution in [2.24, 2.45) is 0 Å². The average Bonchev–Trinajstić information content (AvgIpc) is 2.32. The van der Waals surface area contributed by atoms with Crippen molar-refractivity contribution in [3.63, 3.8) is 0 Å². The molecule has 17 heavy (non-hydrogen) atoms. The third kappa shape index (κ3) is 2.50. The van der Waals surface area contributed by atoms with E-state index < -0.39 is 0 Å². The molecule has 5 nitrogen and oxygen atoms in total. The van der Waals surface area contributed by atoms with E-state index in [9.17, 15) is 4.79 Å². The van der Waals surface area contributed by atoms with Crippen LogP contribution >= 0.6 is 11.6 Å². The lowest BCUT2D eigenvalue weighted by molar-refractivity contribution is 0.00357. The number of halogens is 1. The summed E-state index contributed by atoms with van der Waals surface area (Å²) < 4.78 is 5.29. The first-order valence-electron chi connectivity index (χ1n) is 5.39. The van der Waals surface area contributed by atoms with Gasteiger partial charge in [0.1, 0.15) is 5.82 Å². The Hall–Kier alpha value is -1.33. The number of nitrogens with zero attached hydrogens (tertiary/aromatic N) is 2. The number of pyridine rings is 1. The third-order valence-electron chi connectivity index (χ3n) is 2.75. The molecule has 1 aromatic heterocycles. The normalized spacial score (nSPS) is 20.4. The van der Waals surface area contributed by atoms with Crippen molar-refractivity contribution in [3.05, 3.63) is 22.8 Å². The van der Waals surface area contributed by atoms with E-state index in [1.54, 1.807) is 11.0 Å². The molecular formula is C11H14ClN3O2. The molecule has 0 spiro atoms. The van der Waals surface area contributed by atoms with Crippen LogP contribution in [0.2, 0.25) is 5.02 Å². The minimum atomic E-state index is -0.0878. The second kappa shape index (κ2) is 4.89.